The fraction of sp³-hybridized carbons (Fsp3) is 0.559. The second-order valence-corrected chi connectivity index (χ2v) is 13.2. The Morgan fingerprint density at radius 3 is 2.86 bits per heavy atom. The zero-order valence-corrected chi connectivity index (χ0v) is 25.7. The van der Waals surface area contributed by atoms with Crippen molar-refractivity contribution < 1.29 is 18.7 Å². The molecule has 1 aromatic heterocycles. The Balaban J connectivity index is 1.26. The number of likely N-dealkylation sites (N-methyl/N-ethyl adjacent to an activating group) is 1. The molecule has 0 N–H and O–H groups in total. The van der Waals surface area contributed by atoms with Crippen LogP contribution in [0.15, 0.2) is 30.6 Å². The Morgan fingerprint density at radius 1 is 1.23 bits per heavy atom. The van der Waals surface area contributed by atoms with Crippen molar-refractivity contribution in [1.82, 2.24) is 14.8 Å². The first kappa shape index (κ1) is 28.9. The predicted octanol–water partition coefficient (Wildman–Crippen LogP) is 4.03. The van der Waals surface area contributed by atoms with Gasteiger partial charge in [-0.25, -0.2) is 9.37 Å². The highest BCUT2D eigenvalue weighted by atomic mass is 19.1. The molecule has 2 saturated heterocycles. The van der Waals surface area contributed by atoms with Crippen LogP contribution in [0.4, 0.5) is 15.8 Å². The summed E-state index contributed by atoms with van der Waals surface area (Å²) in [5.74, 6) is 0.0531. The Bertz CT molecular complexity index is 1520. The first-order valence-electron chi connectivity index (χ1n) is 16.0. The lowest BCUT2D eigenvalue weighted by Gasteiger charge is -2.50. The smallest absolute Gasteiger partial charge is 0.282 e. The zero-order valence-electron chi connectivity index (χ0n) is 25.7. The van der Waals surface area contributed by atoms with Gasteiger partial charge in [-0.05, 0) is 68.8 Å². The molecule has 1 amide bonds. The van der Waals surface area contributed by atoms with Crippen LogP contribution in [-0.2, 0) is 30.6 Å². The van der Waals surface area contributed by atoms with Gasteiger partial charge in [0.15, 0.2) is 5.83 Å². The van der Waals surface area contributed by atoms with Crippen molar-refractivity contribution in [3.63, 3.8) is 0 Å². The molecule has 2 fully saturated rings. The number of benzene rings is 1. The van der Waals surface area contributed by atoms with E-state index < -0.39 is 17.8 Å². The molecule has 9 nitrogen and oxygen atoms in total. The van der Waals surface area contributed by atoms with Crippen molar-refractivity contribution in [3.05, 3.63) is 53.0 Å². The summed E-state index contributed by atoms with van der Waals surface area (Å²) in [6, 6.07) is 8.57. The quantitative estimate of drug-likeness (QED) is 0.460. The molecular weight excluding hydrogens is 559 g/mol. The third-order valence-electron chi connectivity index (χ3n) is 10.3. The lowest BCUT2D eigenvalue weighted by atomic mass is 9.95. The van der Waals surface area contributed by atoms with Crippen LogP contribution < -0.4 is 19.3 Å². The molecule has 2 unspecified atom stereocenters. The number of carbonyl (C=O) groups is 1. The van der Waals surface area contributed by atoms with Crippen LogP contribution in [0.1, 0.15) is 48.6 Å². The number of pyridine rings is 1. The number of fused-ring (bicyclic) bond motifs is 6. The number of anilines is 2. The second kappa shape index (κ2) is 11.6. The van der Waals surface area contributed by atoms with Crippen molar-refractivity contribution in [2.75, 3.05) is 56.2 Å². The van der Waals surface area contributed by atoms with Crippen LogP contribution in [0.3, 0.4) is 0 Å². The SMILES string of the molecule is C=C(F)C(=O)N1CC2COc3c(OC[C@@H]4CCCN4C)nc4c(c3N2C[C@@H]1CC#N)CCN(c1cccc2c1CC(C)C2)C4. The summed E-state index contributed by atoms with van der Waals surface area (Å²) >= 11 is 0. The second-order valence-electron chi connectivity index (χ2n) is 13.2. The first-order valence-corrected chi connectivity index (χ1v) is 16.0. The van der Waals surface area contributed by atoms with E-state index in [2.05, 4.69) is 59.5 Å². The number of halogens is 1. The van der Waals surface area contributed by atoms with Gasteiger partial charge >= 0.3 is 0 Å². The van der Waals surface area contributed by atoms with Crippen molar-refractivity contribution in [2.24, 2.45) is 5.92 Å². The van der Waals surface area contributed by atoms with E-state index in [1.807, 2.05) is 0 Å². The molecule has 44 heavy (non-hydrogen) atoms. The number of amides is 1. The minimum absolute atomic E-state index is 0.106. The summed E-state index contributed by atoms with van der Waals surface area (Å²) in [6.07, 6.45) is 5.36. The number of aromatic nitrogens is 1. The van der Waals surface area contributed by atoms with Crippen LogP contribution >= 0.6 is 0 Å². The van der Waals surface area contributed by atoms with Crippen molar-refractivity contribution >= 4 is 17.3 Å². The van der Waals surface area contributed by atoms with E-state index in [9.17, 15) is 14.4 Å². The van der Waals surface area contributed by atoms with Crippen LogP contribution in [0.5, 0.6) is 11.6 Å². The average Bonchev–Trinajstić information content (AvgIpc) is 3.62. The Kier molecular flexibility index (Phi) is 7.61. The first-order chi connectivity index (χ1) is 21.3. The summed E-state index contributed by atoms with van der Waals surface area (Å²) in [7, 11) is 2.14. The molecule has 10 heteroatoms. The number of carbonyl (C=O) groups excluding carboxylic acids is 1. The van der Waals surface area contributed by atoms with Crippen LogP contribution in [0.2, 0.25) is 0 Å². The molecule has 4 aliphatic heterocycles. The normalized spacial score (nSPS) is 25.8. The van der Waals surface area contributed by atoms with Crippen LogP contribution in [0, 0.1) is 17.2 Å². The van der Waals surface area contributed by atoms with Gasteiger partial charge in [-0.1, -0.05) is 25.6 Å². The average molecular weight is 601 g/mol. The highest BCUT2D eigenvalue weighted by molar-refractivity contribution is 5.91. The zero-order chi connectivity index (χ0) is 30.5. The summed E-state index contributed by atoms with van der Waals surface area (Å²) in [5.41, 5.74) is 7.28. The molecule has 1 aliphatic carbocycles. The molecule has 5 aliphatic rings. The maximum atomic E-state index is 14.0. The molecular formula is C34H41FN6O3. The van der Waals surface area contributed by atoms with Crippen molar-refractivity contribution in [1.29, 1.82) is 5.26 Å². The summed E-state index contributed by atoms with van der Waals surface area (Å²) < 4.78 is 26.9. The van der Waals surface area contributed by atoms with Gasteiger partial charge in [-0.2, -0.15) is 5.26 Å². The van der Waals surface area contributed by atoms with E-state index in [0.717, 1.165) is 62.1 Å². The highest BCUT2D eigenvalue weighted by Crippen LogP contribution is 2.48. The maximum Gasteiger partial charge on any atom is 0.282 e. The minimum Gasteiger partial charge on any atom is -0.484 e. The number of nitriles is 1. The van der Waals surface area contributed by atoms with Gasteiger partial charge < -0.3 is 29.1 Å². The lowest BCUT2D eigenvalue weighted by Crippen LogP contribution is -2.63. The molecule has 1 aromatic carbocycles. The molecule has 4 atom stereocenters. The number of nitrogens with zero attached hydrogens (tertiary/aromatic N) is 6. The summed E-state index contributed by atoms with van der Waals surface area (Å²) in [4.78, 5) is 26.4. The van der Waals surface area contributed by atoms with E-state index >= 15 is 0 Å². The molecule has 0 radical (unpaired) electrons. The predicted molar refractivity (Wildman–Crippen MR) is 166 cm³/mol. The van der Waals surface area contributed by atoms with E-state index in [0.29, 0.717) is 49.9 Å². The van der Waals surface area contributed by atoms with Gasteiger partial charge in [-0.15, -0.1) is 0 Å². The summed E-state index contributed by atoms with van der Waals surface area (Å²) in [5, 5.41) is 9.61. The number of ether oxygens (including phenoxy) is 2. The van der Waals surface area contributed by atoms with E-state index in [-0.39, 0.29) is 19.0 Å². The standard InChI is InChI=1S/C34H41FN6O3/c1-21-14-23-6-4-8-30(28(23)15-21)39-13-10-27-29(18-39)37-33(44-19-25-7-5-12-38(25)3)32-31(27)40-16-24(9-11-36)41(34(42)22(2)35)17-26(40)20-43-32/h4,6,8,21,24-26H,2,5,7,9-10,12-20H2,1,3H3/t21?,24-,25-,26?/m0/s1. The van der Waals surface area contributed by atoms with E-state index in [1.165, 1.54) is 21.7 Å². The fourth-order valence-electron chi connectivity index (χ4n) is 7.99. The Hall–Kier alpha value is -3.84. The number of rotatable bonds is 6. The van der Waals surface area contributed by atoms with Crippen molar-refractivity contribution in [2.45, 2.75) is 70.1 Å². The van der Waals surface area contributed by atoms with Crippen LogP contribution in [-0.4, -0.2) is 85.3 Å². The number of hydrogen-bond acceptors (Lipinski definition) is 8. The van der Waals surface area contributed by atoms with Gasteiger partial charge in [-0.3, -0.25) is 4.79 Å². The van der Waals surface area contributed by atoms with E-state index in [4.69, 9.17) is 14.5 Å². The molecule has 232 valence electrons. The number of hydrogen-bond donors (Lipinski definition) is 0. The molecule has 0 bridgehead atoms. The van der Waals surface area contributed by atoms with Crippen LogP contribution in [0.25, 0.3) is 0 Å². The Labute approximate surface area is 258 Å². The lowest BCUT2D eigenvalue weighted by molar-refractivity contribution is -0.132. The molecule has 0 saturated carbocycles. The van der Waals surface area contributed by atoms with Crippen molar-refractivity contribution in [3.8, 4) is 17.7 Å². The molecule has 0 spiro atoms. The topological polar surface area (TPSA) is 85.2 Å². The largest absolute Gasteiger partial charge is 0.484 e. The fourth-order valence-corrected chi connectivity index (χ4v) is 7.99. The molecule has 7 rings (SSSR count). The highest BCUT2D eigenvalue weighted by Gasteiger charge is 2.44. The van der Waals surface area contributed by atoms with Gasteiger partial charge in [0.25, 0.3) is 11.8 Å². The van der Waals surface area contributed by atoms with Gasteiger partial charge in [0.2, 0.25) is 5.75 Å². The van der Waals surface area contributed by atoms with Gasteiger partial charge in [0, 0.05) is 36.9 Å². The minimum atomic E-state index is -1.01. The maximum absolute atomic E-state index is 14.0. The molecule has 2 aromatic rings. The van der Waals surface area contributed by atoms with Gasteiger partial charge in [0.1, 0.15) is 13.2 Å². The Morgan fingerprint density at radius 2 is 2.09 bits per heavy atom. The number of likely N-dealkylation sites (tertiary alicyclic amines) is 1. The third-order valence-corrected chi connectivity index (χ3v) is 10.3. The monoisotopic (exact) mass is 600 g/mol. The molecule has 5 heterocycles. The summed E-state index contributed by atoms with van der Waals surface area (Å²) in [6.45, 7) is 9.65. The van der Waals surface area contributed by atoms with E-state index in [1.54, 1.807) is 0 Å². The van der Waals surface area contributed by atoms with Gasteiger partial charge in [0.05, 0.1) is 42.5 Å². The third kappa shape index (κ3) is 5.05. The number of piperazine rings is 1.